The molecule has 1 aromatic carbocycles. The predicted octanol–water partition coefficient (Wildman–Crippen LogP) is 5.77. The van der Waals surface area contributed by atoms with Gasteiger partial charge < -0.3 is 0 Å². The van der Waals surface area contributed by atoms with Gasteiger partial charge in [-0.05, 0) is 17.2 Å². The lowest BCUT2D eigenvalue weighted by Gasteiger charge is -2.29. The highest BCUT2D eigenvalue weighted by Crippen LogP contribution is 2.50. The summed E-state index contributed by atoms with van der Waals surface area (Å²) >= 11 is 9.93. The fourth-order valence-corrected chi connectivity index (χ4v) is 3.81. The molecule has 0 atom stereocenters. The van der Waals surface area contributed by atoms with Crippen LogP contribution in [-0.4, -0.2) is 2.86 Å². The number of hydrogen-bond donors (Lipinski definition) is 0. The van der Waals surface area contributed by atoms with Gasteiger partial charge in [0.05, 0.1) is 0 Å². The van der Waals surface area contributed by atoms with Crippen LogP contribution in [0, 0.1) is 0 Å². The lowest BCUT2D eigenvalue weighted by atomic mass is 9.98. The number of rotatable bonds is 1. The Morgan fingerprint density at radius 2 is 1.44 bits per heavy atom. The van der Waals surface area contributed by atoms with E-state index in [4.69, 9.17) is 0 Å². The van der Waals surface area contributed by atoms with Gasteiger partial charge in [-0.25, -0.2) is 0 Å². The third-order valence-electron chi connectivity index (χ3n) is 2.30. The van der Waals surface area contributed by atoms with Gasteiger partial charge in [-0.15, -0.1) is 0 Å². The average Bonchev–Trinajstić information content (AvgIpc) is 2.24. The molecule has 0 aliphatic heterocycles. The molecule has 2 rings (SSSR count). The largest absolute Gasteiger partial charge is 0.117 e. The van der Waals surface area contributed by atoms with Crippen LogP contribution in [-0.2, 0) is 0 Å². The number of hydrogen-bond acceptors (Lipinski definition) is 0. The Morgan fingerprint density at radius 3 is 2.06 bits per heavy atom. The molecule has 0 saturated heterocycles. The van der Waals surface area contributed by atoms with Crippen LogP contribution in [0.5, 0.6) is 0 Å². The summed E-state index contributed by atoms with van der Waals surface area (Å²) in [6.07, 6.45) is 6.90. The van der Waals surface area contributed by atoms with Crippen LogP contribution in [0.1, 0.15) is 5.56 Å². The molecular weight excluding hydrogens is 652 g/mol. The van der Waals surface area contributed by atoms with E-state index in [1.54, 1.807) is 0 Å². The first-order valence-corrected chi connectivity index (χ1v) is 8.97. The first-order chi connectivity index (χ1) is 7.41. The maximum atomic E-state index is 2.50. The maximum absolute atomic E-state index is 2.50. The Balaban J connectivity index is 2.50. The number of alkyl halides is 4. The molecule has 84 valence electrons. The molecule has 1 aliphatic carbocycles. The lowest BCUT2D eigenvalue weighted by molar-refractivity contribution is 1.28. The second-order valence-electron chi connectivity index (χ2n) is 3.55. The molecule has 4 heteroatoms. The molecule has 0 spiro atoms. The van der Waals surface area contributed by atoms with Gasteiger partial charge in [0.25, 0.3) is 0 Å². The van der Waals surface area contributed by atoms with Crippen molar-refractivity contribution in [3.8, 4) is 0 Å². The molecule has 0 unspecified atom stereocenters. The molecule has 0 saturated carbocycles. The molecule has 0 heterocycles. The standard InChI is InChI=1S/C12H8I4/c13-11(14)6-7-12(15,16)10(8-11)9-4-2-1-3-5-9/h1-8H. The van der Waals surface area contributed by atoms with Crippen molar-refractivity contribution in [2.45, 2.75) is 2.86 Å². The molecular formula is C12H8I4. The minimum Gasteiger partial charge on any atom is -0.0622 e. The number of halogens is 4. The SMILES string of the molecule is IC1(I)C=CC(I)(I)C(c2ccccc2)=C1. The Labute approximate surface area is 150 Å². The molecule has 0 radical (unpaired) electrons. The average molecular weight is 660 g/mol. The normalized spacial score (nSPS) is 21.6. The highest BCUT2D eigenvalue weighted by Gasteiger charge is 2.33. The van der Waals surface area contributed by atoms with Gasteiger partial charge in [0.2, 0.25) is 0 Å². The van der Waals surface area contributed by atoms with E-state index in [1.165, 1.54) is 11.1 Å². The van der Waals surface area contributed by atoms with Crippen molar-refractivity contribution in [2.75, 3.05) is 0 Å². The van der Waals surface area contributed by atoms with E-state index in [1.807, 2.05) is 0 Å². The maximum Gasteiger partial charge on any atom is 0.117 e. The van der Waals surface area contributed by atoms with Crippen molar-refractivity contribution in [1.82, 2.24) is 0 Å². The van der Waals surface area contributed by atoms with Crippen molar-refractivity contribution in [1.29, 1.82) is 0 Å². The van der Waals surface area contributed by atoms with Crippen molar-refractivity contribution in [2.24, 2.45) is 0 Å². The molecule has 0 fully saturated rings. The monoisotopic (exact) mass is 660 g/mol. The summed E-state index contributed by atoms with van der Waals surface area (Å²) in [6, 6.07) is 10.6. The fraction of sp³-hybridized carbons (Fsp3) is 0.167. The van der Waals surface area contributed by atoms with Crippen LogP contribution in [0.4, 0.5) is 0 Å². The van der Waals surface area contributed by atoms with E-state index >= 15 is 0 Å². The first-order valence-electron chi connectivity index (χ1n) is 4.65. The quantitative estimate of drug-likeness (QED) is 0.204. The zero-order valence-corrected chi connectivity index (χ0v) is 16.8. The Morgan fingerprint density at radius 1 is 0.812 bits per heavy atom. The number of benzene rings is 1. The van der Waals surface area contributed by atoms with Gasteiger partial charge in [0, 0.05) is 0 Å². The molecule has 1 aliphatic rings. The van der Waals surface area contributed by atoms with E-state index in [-0.39, 0.29) is 2.86 Å². The molecule has 1 aromatic rings. The minimum absolute atomic E-state index is 0.0662. The van der Waals surface area contributed by atoms with Gasteiger partial charge in [-0.3, -0.25) is 0 Å². The molecule has 0 bridgehead atoms. The molecule has 0 aromatic heterocycles. The van der Waals surface area contributed by atoms with E-state index in [0.29, 0.717) is 0 Å². The smallest absolute Gasteiger partial charge is 0.0622 e. The van der Waals surface area contributed by atoms with Crippen LogP contribution < -0.4 is 0 Å². The second-order valence-corrected chi connectivity index (χ2v) is 14.7. The van der Waals surface area contributed by atoms with Crippen molar-refractivity contribution in [3.05, 3.63) is 54.1 Å². The molecule has 0 amide bonds. The van der Waals surface area contributed by atoms with Crippen molar-refractivity contribution < 1.29 is 0 Å². The fourth-order valence-electron chi connectivity index (χ4n) is 1.54. The Bertz CT molecular complexity index is 443. The predicted molar refractivity (Wildman–Crippen MR) is 105 cm³/mol. The van der Waals surface area contributed by atoms with E-state index < -0.39 is 0 Å². The summed E-state index contributed by atoms with van der Waals surface area (Å²) in [4.78, 5) is 0. The van der Waals surface area contributed by atoms with Crippen LogP contribution in [0.2, 0.25) is 0 Å². The molecule has 0 N–H and O–H groups in total. The second kappa shape index (κ2) is 5.32. The van der Waals surface area contributed by atoms with Crippen LogP contribution in [0.15, 0.2) is 48.6 Å². The van der Waals surface area contributed by atoms with E-state index in [9.17, 15) is 0 Å². The van der Waals surface area contributed by atoms with Crippen LogP contribution in [0.25, 0.3) is 5.57 Å². The van der Waals surface area contributed by atoms with Gasteiger partial charge in [0.1, 0.15) is 2.86 Å². The van der Waals surface area contributed by atoms with Gasteiger partial charge in [-0.1, -0.05) is 133 Å². The molecule has 16 heavy (non-hydrogen) atoms. The zero-order chi connectivity index (χ0) is 11.8. The van der Waals surface area contributed by atoms with Crippen LogP contribution >= 0.6 is 90.4 Å². The Hall–Kier alpha value is 1.62. The highest BCUT2D eigenvalue weighted by atomic mass is 127. The summed E-state index contributed by atoms with van der Waals surface area (Å²) in [6.45, 7) is 0. The summed E-state index contributed by atoms with van der Waals surface area (Å²) < 4.78 is 0.164. The van der Waals surface area contributed by atoms with Gasteiger partial charge in [0.15, 0.2) is 0 Å². The van der Waals surface area contributed by atoms with Crippen molar-refractivity contribution in [3.63, 3.8) is 0 Å². The third-order valence-corrected chi connectivity index (χ3v) is 5.52. The summed E-state index contributed by atoms with van der Waals surface area (Å²) in [5, 5.41) is 0. The minimum atomic E-state index is 0.0662. The first kappa shape index (κ1) is 14.0. The van der Waals surface area contributed by atoms with Crippen LogP contribution in [0.3, 0.4) is 0 Å². The Kier molecular flexibility index (Phi) is 4.66. The highest BCUT2D eigenvalue weighted by molar-refractivity contribution is 14.2. The summed E-state index contributed by atoms with van der Waals surface area (Å²) in [7, 11) is 0. The van der Waals surface area contributed by atoms with Gasteiger partial charge in [-0.2, -0.15) is 0 Å². The summed E-state index contributed by atoms with van der Waals surface area (Å²) in [5.41, 5.74) is 2.70. The lowest BCUT2D eigenvalue weighted by Crippen LogP contribution is -2.19. The topological polar surface area (TPSA) is 0 Å². The third kappa shape index (κ3) is 3.34. The molecule has 0 nitrogen and oxygen atoms in total. The van der Waals surface area contributed by atoms with Crippen molar-refractivity contribution >= 4 is 95.9 Å². The summed E-state index contributed by atoms with van der Waals surface area (Å²) in [5.74, 6) is 0. The van der Waals surface area contributed by atoms with E-state index in [0.717, 1.165) is 0 Å². The van der Waals surface area contributed by atoms with Gasteiger partial charge >= 0.3 is 0 Å². The zero-order valence-electron chi connectivity index (χ0n) is 8.13. The van der Waals surface area contributed by atoms with E-state index in [2.05, 4.69) is 139 Å². The number of allylic oxidation sites excluding steroid dienone is 4.